The van der Waals surface area contributed by atoms with E-state index < -0.39 is 0 Å². The number of benzene rings is 1. The fourth-order valence-corrected chi connectivity index (χ4v) is 4.66. The van der Waals surface area contributed by atoms with Gasteiger partial charge in [-0.3, -0.25) is 4.99 Å². The zero-order valence-electron chi connectivity index (χ0n) is 12.7. The van der Waals surface area contributed by atoms with Crippen molar-refractivity contribution in [3.8, 4) is 5.00 Å². The summed E-state index contributed by atoms with van der Waals surface area (Å²) < 4.78 is 2.21. The summed E-state index contributed by atoms with van der Waals surface area (Å²) in [5.74, 6) is 0. The van der Waals surface area contributed by atoms with E-state index in [0.717, 1.165) is 10.6 Å². The molecule has 0 saturated carbocycles. The minimum Gasteiger partial charge on any atom is -0.315 e. The smallest absolute Gasteiger partial charge is 0.105 e. The third-order valence-corrected chi connectivity index (χ3v) is 5.93. The number of aryl methyl sites for hydroxylation is 1. The van der Waals surface area contributed by atoms with Gasteiger partial charge in [-0.05, 0) is 43.0 Å². The van der Waals surface area contributed by atoms with Gasteiger partial charge in [0.15, 0.2) is 0 Å². The van der Waals surface area contributed by atoms with Crippen LogP contribution < -0.4 is 0 Å². The van der Waals surface area contributed by atoms with E-state index in [2.05, 4.69) is 34.1 Å². The van der Waals surface area contributed by atoms with E-state index in [1.807, 2.05) is 41.8 Å². The number of halogens is 1. The number of nitrogens with zero attached hydrogens (tertiary/aromatic N) is 2. The molecule has 23 heavy (non-hydrogen) atoms. The highest BCUT2D eigenvalue weighted by molar-refractivity contribution is 7.15. The van der Waals surface area contributed by atoms with Crippen molar-refractivity contribution in [1.29, 1.82) is 0 Å². The first-order valence-electron chi connectivity index (χ1n) is 7.84. The molecule has 0 N–H and O–H groups in total. The van der Waals surface area contributed by atoms with E-state index in [1.54, 1.807) is 0 Å². The summed E-state index contributed by atoms with van der Waals surface area (Å²) in [6.07, 6.45) is 9.78. The molecule has 4 rings (SSSR count). The van der Waals surface area contributed by atoms with Gasteiger partial charge in [0.25, 0.3) is 0 Å². The van der Waals surface area contributed by atoms with Crippen molar-refractivity contribution >= 4 is 29.2 Å². The standard InChI is InChI=1S/C19H17ClN2S/c20-17-8-2-1-6-14(17)12-21-13-16-15-7-5-9-18(15)23-19(16)22-10-3-4-11-22/h1-4,6,8,10-12H,5,7,9,13H2. The van der Waals surface area contributed by atoms with Crippen LogP contribution in [-0.2, 0) is 19.4 Å². The predicted molar refractivity (Wildman–Crippen MR) is 98.4 cm³/mol. The topological polar surface area (TPSA) is 17.3 Å². The summed E-state index contributed by atoms with van der Waals surface area (Å²) in [4.78, 5) is 6.22. The third-order valence-electron chi connectivity index (χ3n) is 4.23. The number of hydrogen-bond acceptors (Lipinski definition) is 2. The molecule has 2 heterocycles. The second kappa shape index (κ2) is 6.34. The van der Waals surface area contributed by atoms with Crippen LogP contribution in [0.1, 0.15) is 28.0 Å². The Kier molecular flexibility index (Phi) is 4.06. The minimum absolute atomic E-state index is 0.713. The fraction of sp³-hybridized carbons (Fsp3) is 0.211. The Morgan fingerprint density at radius 1 is 1.13 bits per heavy atom. The van der Waals surface area contributed by atoms with Crippen molar-refractivity contribution in [3.63, 3.8) is 0 Å². The van der Waals surface area contributed by atoms with E-state index in [-0.39, 0.29) is 0 Å². The van der Waals surface area contributed by atoms with Gasteiger partial charge in [0.05, 0.1) is 6.54 Å². The Bertz CT molecular complexity index is 846. The molecule has 4 heteroatoms. The summed E-state index contributed by atoms with van der Waals surface area (Å²) >= 11 is 8.12. The van der Waals surface area contributed by atoms with Gasteiger partial charge in [-0.1, -0.05) is 29.8 Å². The summed E-state index contributed by atoms with van der Waals surface area (Å²) in [5.41, 5.74) is 3.88. The Hall–Kier alpha value is -1.84. The largest absolute Gasteiger partial charge is 0.315 e. The zero-order valence-corrected chi connectivity index (χ0v) is 14.3. The van der Waals surface area contributed by atoms with Crippen molar-refractivity contribution in [2.75, 3.05) is 0 Å². The van der Waals surface area contributed by atoms with E-state index in [1.165, 1.54) is 40.3 Å². The maximum Gasteiger partial charge on any atom is 0.105 e. The molecule has 0 amide bonds. The highest BCUT2D eigenvalue weighted by Gasteiger charge is 2.22. The molecular weight excluding hydrogens is 324 g/mol. The van der Waals surface area contributed by atoms with Gasteiger partial charge in [-0.25, -0.2) is 0 Å². The molecule has 0 spiro atoms. The maximum atomic E-state index is 6.20. The van der Waals surface area contributed by atoms with E-state index in [4.69, 9.17) is 11.6 Å². The molecular formula is C19H17ClN2S. The average Bonchev–Trinajstić information content (AvgIpc) is 3.26. The van der Waals surface area contributed by atoms with Crippen molar-refractivity contribution < 1.29 is 0 Å². The molecule has 1 aliphatic carbocycles. The quantitative estimate of drug-likeness (QED) is 0.573. The lowest BCUT2D eigenvalue weighted by molar-refractivity contribution is 0.898. The minimum atomic E-state index is 0.713. The van der Waals surface area contributed by atoms with Crippen LogP contribution in [0.15, 0.2) is 53.8 Å². The predicted octanol–water partition coefficient (Wildman–Crippen LogP) is 5.30. The number of rotatable bonds is 4. The second-order valence-corrected chi connectivity index (χ2v) is 7.21. The molecule has 2 nitrogen and oxygen atoms in total. The van der Waals surface area contributed by atoms with Crippen LogP contribution in [-0.4, -0.2) is 10.8 Å². The highest BCUT2D eigenvalue weighted by Crippen LogP contribution is 2.38. The first kappa shape index (κ1) is 14.7. The lowest BCUT2D eigenvalue weighted by Crippen LogP contribution is -1.95. The summed E-state index contributed by atoms with van der Waals surface area (Å²) in [6.45, 7) is 0.713. The van der Waals surface area contributed by atoms with Crippen LogP contribution in [0.5, 0.6) is 0 Å². The van der Waals surface area contributed by atoms with Gasteiger partial charge >= 0.3 is 0 Å². The number of aliphatic imine (C=N–C) groups is 1. The second-order valence-electron chi connectivity index (χ2n) is 5.72. The molecule has 116 valence electrons. The molecule has 0 saturated heterocycles. The number of thiophene rings is 1. The molecule has 0 bridgehead atoms. The van der Waals surface area contributed by atoms with Crippen molar-refractivity contribution in [3.05, 3.63) is 75.4 Å². The van der Waals surface area contributed by atoms with Crippen molar-refractivity contribution in [2.45, 2.75) is 25.8 Å². The molecule has 0 atom stereocenters. The molecule has 0 fully saturated rings. The molecule has 0 radical (unpaired) electrons. The monoisotopic (exact) mass is 340 g/mol. The van der Waals surface area contributed by atoms with Crippen LogP contribution in [0.3, 0.4) is 0 Å². The van der Waals surface area contributed by atoms with E-state index in [9.17, 15) is 0 Å². The van der Waals surface area contributed by atoms with Gasteiger partial charge < -0.3 is 4.57 Å². The zero-order chi connectivity index (χ0) is 15.6. The normalized spacial score (nSPS) is 13.8. The highest BCUT2D eigenvalue weighted by atomic mass is 35.5. The van der Waals surface area contributed by atoms with Crippen LogP contribution in [0.25, 0.3) is 5.00 Å². The van der Waals surface area contributed by atoms with Crippen molar-refractivity contribution in [1.82, 2.24) is 4.57 Å². The van der Waals surface area contributed by atoms with Gasteiger partial charge in [0.2, 0.25) is 0 Å². The van der Waals surface area contributed by atoms with Crippen LogP contribution in [0.4, 0.5) is 0 Å². The van der Waals surface area contributed by atoms with Gasteiger partial charge in [0, 0.05) is 39.6 Å². The van der Waals surface area contributed by atoms with Gasteiger partial charge in [-0.2, -0.15) is 0 Å². The van der Waals surface area contributed by atoms with E-state index in [0.29, 0.717) is 6.54 Å². The van der Waals surface area contributed by atoms with Gasteiger partial charge in [-0.15, -0.1) is 11.3 Å². The first-order valence-corrected chi connectivity index (χ1v) is 9.03. The molecule has 0 unspecified atom stereocenters. The molecule has 1 aliphatic rings. The van der Waals surface area contributed by atoms with Crippen LogP contribution in [0, 0.1) is 0 Å². The van der Waals surface area contributed by atoms with E-state index >= 15 is 0 Å². The van der Waals surface area contributed by atoms with Crippen LogP contribution >= 0.6 is 22.9 Å². The first-order chi connectivity index (χ1) is 11.3. The summed E-state index contributed by atoms with van der Waals surface area (Å²) in [7, 11) is 0. The van der Waals surface area contributed by atoms with Crippen LogP contribution in [0.2, 0.25) is 5.02 Å². The molecule has 0 aliphatic heterocycles. The Morgan fingerprint density at radius 3 is 2.78 bits per heavy atom. The Balaban J connectivity index is 1.65. The Morgan fingerprint density at radius 2 is 1.96 bits per heavy atom. The number of fused-ring (bicyclic) bond motifs is 1. The molecule has 1 aromatic carbocycles. The van der Waals surface area contributed by atoms with Gasteiger partial charge in [0.1, 0.15) is 5.00 Å². The maximum absolute atomic E-state index is 6.20. The number of hydrogen-bond donors (Lipinski definition) is 0. The van der Waals surface area contributed by atoms with Crippen molar-refractivity contribution in [2.24, 2.45) is 4.99 Å². The molecule has 3 aromatic rings. The average molecular weight is 341 g/mol. The lowest BCUT2D eigenvalue weighted by atomic mass is 10.1. The molecule has 2 aromatic heterocycles. The fourth-order valence-electron chi connectivity index (χ4n) is 3.11. The third kappa shape index (κ3) is 2.87. The lowest BCUT2D eigenvalue weighted by Gasteiger charge is -2.05. The number of aromatic nitrogens is 1. The summed E-state index contributed by atoms with van der Waals surface area (Å²) in [5, 5.41) is 2.06. The summed E-state index contributed by atoms with van der Waals surface area (Å²) in [6, 6.07) is 12.0. The Labute approximate surface area is 145 Å². The SMILES string of the molecule is Clc1ccccc1C=NCc1c(-n2cccc2)sc2c1CCC2.